The van der Waals surface area contributed by atoms with Gasteiger partial charge in [-0.25, -0.2) is 14.8 Å². The van der Waals surface area contributed by atoms with Crippen LogP contribution in [-0.4, -0.2) is 96.9 Å². The third-order valence-electron chi connectivity index (χ3n) is 9.57. The Kier molecular flexibility index (Phi) is 13.9. The summed E-state index contributed by atoms with van der Waals surface area (Å²) in [5, 5.41) is 21.2. The van der Waals surface area contributed by atoms with Crippen molar-refractivity contribution < 1.29 is 19.5 Å². The number of carbonyl (C=O) groups is 3. The summed E-state index contributed by atoms with van der Waals surface area (Å²) < 4.78 is 0. The molecule has 0 radical (unpaired) electrons. The molecule has 3 heterocycles. The Labute approximate surface area is 292 Å². The molecule has 5 rings (SSSR count). The SMILES string of the molecule is NC1CCN(C(=O)N[C@@H](Cc2ccccc2)C(=O)N[C@@H](Cc2cnc[nH]2)C(=O)N[C@@H](CC2CCCCC2)[C@@H](O)CCSc2ncc[nH]2)CC1. The maximum atomic E-state index is 14.1. The molecular weight excluding hydrogens is 643 g/mol. The van der Waals surface area contributed by atoms with Crippen molar-refractivity contribution >= 4 is 29.6 Å². The number of aromatic nitrogens is 4. The van der Waals surface area contributed by atoms with Crippen LogP contribution < -0.4 is 21.7 Å². The number of thioether (sulfide) groups is 1. The Morgan fingerprint density at radius 2 is 1.69 bits per heavy atom. The van der Waals surface area contributed by atoms with Crippen LogP contribution in [0.25, 0.3) is 0 Å². The van der Waals surface area contributed by atoms with Crippen molar-refractivity contribution in [1.82, 2.24) is 40.8 Å². The lowest BCUT2D eigenvalue weighted by Gasteiger charge is -2.33. The van der Waals surface area contributed by atoms with Crippen molar-refractivity contribution in [2.24, 2.45) is 11.7 Å². The van der Waals surface area contributed by atoms with Crippen LogP contribution in [0.1, 0.15) is 69.0 Å². The van der Waals surface area contributed by atoms with Crippen molar-refractivity contribution in [3.63, 3.8) is 0 Å². The molecular formula is C35H51N9O4S. The van der Waals surface area contributed by atoms with Gasteiger partial charge in [0.2, 0.25) is 11.8 Å². The standard InChI is InChI=1S/C35H51N9O4S/c36-26-11-16-44(17-12-26)35(48)43-29(20-25-9-5-2-6-10-25)32(46)42-30(21-27-22-37-23-40-27)33(47)41-28(19-24-7-3-1-4-8-24)31(45)13-18-49-34-38-14-15-39-34/h2,5-6,9-10,14-15,22-24,26,28-31,45H,1,3-4,7-8,11-13,16-21,36H2,(H,37,40)(H,38,39)(H,41,47)(H,42,46)(H,43,48)/t28-,29-,30-,31-/m0/s1. The van der Waals surface area contributed by atoms with Crippen LogP contribution in [0.2, 0.25) is 0 Å². The number of amides is 4. The van der Waals surface area contributed by atoms with Crippen LogP contribution in [0.15, 0.2) is 60.4 Å². The van der Waals surface area contributed by atoms with Crippen molar-refractivity contribution in [3.8, 4) is 0 Å². The van der Waals surface area contributed by atoms with E-state index in [1.54, 1.807) is 23.5 Å². The molecule has 4 atom stereocenters. The molecule has 1 aliphatic carbocycles. The maximum absolute atomic E-state index is 14.1. The van der Waals surface area contributed by atoms with Gasteiger partial charge >= 0.3 is 6.03 Å². The molecule has 14 heteroatoms. The predicted octanol–water partition coefficient (Wildman–Crippen LogP) is 2.90. The van der Waals surface area contributed by atoms with Crippen molar-refractivity contribution in [2.45, 2.75) is 106 Å². The third-order valence-corrected chi connectivity index (χ3v) is 10.5. The van der Waals surface area contributed by atoms with E-state index in [0.29, 0.717) is 56.1 Å². The van der Waals surface area contributed by atoms with Gasteiger partial charge in [-0.05, 0) is 37.2 Å². The van der Waals surface area contributed by atoms with Gasteiger partial charge in [0.1, 0.15) is 12.1 Å². The molecule has 1 aromatic carbocycles. The zero-order valence-corrected chi connectivity index (χ0v) is 28.9. The molecule has 4 amide bonds. The maximum Gasteiger partial charge on any atom is 0.318 e. The summed E-state index contributed by atoms with van der Waals surface area (Å²) in [7, 11) is 0. The average Bonchev–Trinajstić information content (AvgIpc) is 3.83. The first-order chi connectivity index (χ1) is 23.8. The second-order valence-electron chi connectivity index (χ2n) is 13.3. The number of nitrogens with one attached hydrogen (secondary N) is 5. The Morgan fingerprint density at radius 1 is 0.959 bits per heavy atom. The molecule has 8 N–H and O–H groups in total. The summed E-state index contributed by atoms with van der Waals surface area (Å²) in [5.74, 6) is 0.173. The number of aliphatic hydroxyl groups excluding tert-OH is 1. The molecule has 49 heavy (non-hydrogen) atoms. The molecule has 266 valence electrons. The van der Waals surface area contributed by atoms with Crippen LogP contribution in [0.5, 0.6) is 0 Å². The van der Waals surface area contributed by atoms with Crippen LogP contribution in [0.3, 0.4) is 0 Å². The van der Waals surface area contributed by atoms with E-state index in [4.69, 9.17) is 5.73 Å². The van der Waals surface area contributed by atoms with E-state index in [9.17, 15) is 19.5 Å². The Morgan fingerprint density at radius 3 is 2.39 bits per heavy atom. The molecule has 1 aliphatic heterocycles. The first-order valence-corrected chi connectivity index (χ1v) is 18.6. The van der Waals surface area contributed by atoms with Gasteiger partial charge < -0.3 is 41.7 Å². The number of urea groups is 1. The van der Waals surface area contributed by atoms with Crippen LogP contribution in [0, 0.1) is 5.92 Å². The number of nitrogens with zero attached hydrogens (tertiary/aromatic N) is 3. The smallest absolute Gasteiger partial charge is 0.318 e. The van der Waals surface area contributed by atoms with Gasteiger partial charge in [0.15, 0.2) is 5.16 Å². The average molecular weight is 694 g/mol. The molecule has 2 aromatic heterocycles. The fourth-order valence-corrected chi connectivity index (χ4v) is 7.52. The Bertz CT molecular complexity index is 1410. The molecule has 2 aliphatic rings. The minimum Gasteiger partial charge on any atom is -0.391 e. The van der Waals surface area contributed by atoms with Crippen molar-refractivity contribution in [2.75, 3.05) is 18.8 Å². The molecule has 13 nitrogen and oxygen atoms in total. The van der Waals surface area contributed by atoms with Gasteiger partial charge in [-0.1, -0.05) is 74.2 Å². The van der Waals surface area contributed by atoms with Crippen LogP contribution in [-0.2, 0) is 22.4 Å². The van der Waals surface area contributed by atoms with E-state index in [2.05, 4.69) is 35.9 Å². The number of carbonyl (C=O) groups excluding carboxylic acids is 3. The van der Waals surface area contributed by atoms with E-state index in [1.807, 2.05) is 30.3 Å². The topological polar surface area (TPSA) is 194 Å². The predicted molar refractivity (Wildman–Crippen MR) is 189 cm³/mol. The molecule has 0 bridgehead atoms. The molecule has 0 spiro atoms. The van der Waals surface area contributed by atoms with Gasteiger partial charge in [-0.3, -0.25) is 9.59 Å². The lowest BCUT2D eigenvalue weighted by Crippen LogP contribution is -2.59. The molecule has 1 saturated carbocycles. The molecule has 0 unspecified atom stereocenters. The number of benzene rings is 1. The summed E-state index contributed by atoms with van der Waals surface area (Å²) in [4.78, 5) is 57.6. The summed E-state index contributed by atoms with van der Waals surface area (Å²) in [6, 6.07) is 6.82. The molecule has 2 fully saturated rings. The molecule has 1 saturated heterocycles. The number of aliphatic hydroxyl groups is 1. The number of aromatic amines is 2. The second-order valence-corrected chi connectivity index (χ2v) is 14.4. The first kappa shape index (κ1) is 36.4. The van der Waals surface area contributed by atoms with Crippen molar-refractivity contribution in [3.05, 3.63) is 66.5 Å². The number of rotatable bonds is 16. The largest absolute Gasteiger partial charge is 0.391 e. The number of imidazole rings is 2. The van der Waals surface area contributed by atoms with Gasteiger partial charge in [-0.15, -0.1) is 0 Å². The second kappa shape index (κ2) is 18.8. The van der Waals surface area contributed by atoms with Gasteiger partial charge in [-0.2, -0.15) is 0 Å². The number of hydrogen-bond acceptors (Lipinski definition) is 8. The van der Waals surface area contributed by atoms with E-state index >= 15 is 0 Å². The van der Waals surface area contributed by atoms with Gasteiger partial charge in [0.05, 0.1) is 18.5 Å². The summed E-state index contributed by atoms with van der Waals surface area (Å²) >= 11 is 1.52. The Hall–Kier alpha value is -3.88. The Balaban J connectivity index is 1.30. The highest BCUT2D eigenvalue weighted by molar-refractivity contribution is 7.99. The highest BCUT2D eigenvalue weighted by atomic mass is 32.2. The van der Waals surface area contributed by atoms with Gasteiger partial charge in [0, 0.05) is 62.0 Å². The summed E-state index contributed by atoms with van der Waals surface area (Å²) in [6.07, 6.45) is 14.4. The fraction of sp³-hybridized carbons (Fsp3) is 0.571. The van der Waals surface area contributed by atoms with E-state index < -0.39 is 36.0 Å². The third kappa shape index (κ3) is 11.6. The lowest BCUT2D eigenvalue weighted by molar-refractivity contribution is -0.130. The summed E-state index contributed by atoms with van der Waals surface area (Å²) in [6.45, 7) is 1.03. The monoisotopic (exact) mass is 693 g/mol. The van der Waals surface area contributed by atoms with Gasteiger partial charge in [0.25, 0.3) is 0 Å². The number of hydrogen-bond donors (Lipinski definition) is 7. The lowest BCUT2D eigenvalue weighted by atomic mass is 9.83. The first-order valence-electron chi connectivity index (χ1n) is 17.6. The number of piperidine rings is 1. The van der Waals surface area contributed by atoms with Crippen molar-refractivity contribution in [1.29, 1.82) is 0 Å². The highest BCUT2D eigenvalue weighted by Gasteiger charge is 2.33. The normalized spacial score (nSPS) is 18.3. The highest BCUT2D eigenvalue weighted by Crippen LogP contribution is 2.29. The minimum absolute atomic E-state index is 0.0597. The minimum atomic E-state index is -0.977. The van der Waals surface area contributed by atoms with Crippen LogP contribution in [0.4, 0.5) is 4.79 Å². The van der Waals surface area contributed by atoms with Crippen LogP contribution >= 0.6 is 11.8 Å². The summed E-state index contributed by atoms with van der Waals surface area (Å²) in [5.41, 5.74) is 7.60. The number of nitrogens with two attached hydrogens (primary N) is 1. The quantitative estimate of drug-likeness (QED) is 0.111. The van der Waals surface area contributed by atoms with E-state index in [0.717, 1.165) is 36.4 Å². The van der Waals surface area contributed by atoms with E-state index in [-0.39, 0.29) is 24.9 Å². The van der Waals surface area contributed by atoms with E-state index in [1.165, 1.54) is 24.5 Å². The number of H-pyrrole nitrogens is 2. The zero-order valence-electron chi connectivity index (χ0n) is 28.1. The fourth-order valence-electron chi connectivity index (χ4n) is 6.68. The number of likely N-dealkylation sites (tertiary alicyclic amines) is 1. The molecule has 3 aromatic rings. The zero-order chi connectivity index (χ0) is 34.4.